The molecule has 2 aliphatic rings. The Morgan fingerprint density at radius 1 is 1.10 bits per heavy atom. The van der Waals surface area contributed by atoms with Gasteiger partial charge < -0.3 is 10.1 Å². The summed E-state index contributed by atoms with van der Waals surface area (Å²) in [6.45, 7) is 4.44. The maximum Gasteiger partial charge on any atom is 0.176 e. The van der Waals surface area contributed by atoms with E-state index in [9.17, 15) is 4.79 Å². The predicted octanol–water partition coefficient (Wildman–Crippen LogP) is 3.40. The van der Waals surface area contributed by atoms with E-state index < -0.39 is 0 Å². The number of fused-ring (bicyclic) bond motifs is 2. The number of anilines is 1. The molecule has 162 valence electrons. The van der Waals surface area contributed by atoms with Crippen molar-refractivity contribution in [1.82, 2.24) is 9.80 Å². The lowest BCUT2D eigenvalue weighted by atomic mass is 10.1. The van der Waals surface area contributed by atoms with Crippen molar-refractivity contribution in [1.29, 1.82) is 5.26 Å². The minimum absolute atomic E-state index is 0.183. The molecule has 4 rings (SSSR count). The largest absolute Gasteiger partial charge is 0.497 e. The zero-order chi connectivity index (χ0) is 21.6. The van der Waals surface area contributed by atoms with Crippen LogP contribution in [0, 0.1) is 11.3 Å². The molecular formula is C25H30N4O2. The van der Waals surface area contributed by atoms with Crippen molar-refractivity contribution in [3.8, 4) is 11.8 Å². The van der Waals surface area contributed by atoms with E-state index in [1.165, 1.54) is 12.8 Å². The molecule has 0 saturated carbocycles. The highest BCUT2D eigenvalue weighted by atomic mass is 16.5. The predicted molar refractivity (Wildman–Crippen MR) is 122 cm³/mol. The van der Waals surface area contributed by atoms with Gasteiger partial charge in [-0.15, -0.1) is 0 Å². The molecule has 2 aromatic rings. The van der Waals surface area contributed by atoms with E-state index in [0.29, 0.717) is 24.2 Å². The summed E-state index contributed by atoms with van der Waals surface area (Å²) in [5.74, 6) is 0.957. The summed E-state index contributed by atoms with van der Waals surface area (Å²) in [5.41, 5.74) is 2.50. The first kappa shape index (κ1) is 21.4. The number of benzene rings is 2. The maximum atomic E-state index is 12.7. The maximum absolute atomic E-state index is 12.7. The van der Waals surface area contributed by atoms with Crippen LogP contribution in [0.2, 0.25) is 0 Å². The van der Waals surface area contributed by atoms with Crippen LogP contribution in [0.5, 0.6) is 5.75 Å². The lowest BCUT2D eigenvalue weighted by Gasteiger charge is -2.41. The average Bonchev–Trinajstić information content (AvgIpc) is 3.04. The first-order valence-corrected chi connectivity index (χ1v) is 11.1. The molecule has 2 aliphatic heterocycles. The lowest BCUT2D eigenvalue weighted by molar-refractivity contribution is 0.0599. The highest BCUT2D eigenvalue weighted by Crippen LogP contribution is 2.30. The van der Waals surface area contributed by atoms with Gasteiger partial charge in [0.05, 0.1) is 25.3 Å². The summed E-state index contributed by atoms with van der Waals surface area (Å²) in [7, 11) is 1.63. The van der Waals surface area contributed by atoms with Gasteiger partial charge in [-0.1, -0.05) is 0 Å². The fourth-order valence-electron chi connectivity index (χ4n) is 4.80. The fraction of sp³-hybridized carbons (Fsp3) is 0.440. The molecule has 0 aromatic heterocycles. The smallest absolute Gasteiger partial charge is 0.176 e. The van der Waals surface area contributed by atoms with Crippen LogP contribution in [-0.4, -0.2) is 67.5 Å². The number of nitriles is 1. The number of nitrogens with zero attached hydrogens (tertiary/aromatic N) is 3. The minimum Gasteiger partial charge on any atom is -0.497 e. The molecule has 2 atom stereocenters. The molecule has 2 saturated heterocycles. The van der Waals surface area contributed by atoms with Crippen molar-refractivity contribution >= 4 is 11.5 Å². The second-order valence-corrected chi connectivity index (χ2v) is 8.44. The van der Waals surface area contributed by atoms with Crippen LogP contribution in [0.15, 0.2) is 48.5 Å². The average molecular weight is 419 g/mol. The van der Waals surface area contributed by atoms with E-state index in [4.69, 9.17) is 10.00 Å². The number of nitrogens with one attached hydrogen (secondary N) is 1. The van der Waals surface area contributed by atoms with E-state index in [2.05, 4.69) is 21.2 Å². The van der Waals surface area contributed by atoms with Crippen molar-refractivity contribution in [3.63, 3.8) is 0 Å². The summed E-state index contributed by atoms with van der Waals surface area (Å²) < 4.78 is 5.18. The van der Waals surface area contributed by atoms with Crippen LogP contribution < -0.4 is 10.1 Å². The molecule has 2 bridgehead atoms. The monoisotopic (exact) mass is 418 g/mol. The van der Waals surface area contributed by atoms with Gasteiger partial charge in [0, 0.05) is 49.5 Å². The van der Waals surface area contributed by atoms with Crippen LogP contribution >= 0.6 is 0 Å². The van der Waals surface area contributed by atoms with Gasteiger partial charge in [0.1, 0.15) is 5.75 Å². The number of hydrogen-bond donors (Lipinski definition) is 1. The van der Waals surface area contributed by atoms with Gasteiger partial charge in [-0.2, -0.15) is 5.26 Å². The summed E-state index contributed by atoms with van der Waals surface area (Å²) in [6, 6.07) is 18.3. The Kier molecular flexibility index (Phi) is 6.86. The number of likely N-dealkylation sites (tertiary alicyclic amines) is 1. The molecular weight excluding hydrogens is 388 g/mol. The number of rotatable bonds is 9. The third kappa shape index (κ3) is 5.25. The Morgan fingerprint density at radius 2 is 1.77 bits per heavy atom. The Morgan fingerprint density at radius 3 is 2.39 bits per heavy atom. The summed E-state index contributed by atoms with van der Waals surface area (Å²) >= 11 is 0. The van der Waals surface area contributed by atoms with Gasteiger partial charge >= 0.3 is 0 Å². The Hall–Kier alpha value is -2.88. The quantitative estimate of drug-likeness (QED) is 0.497. The number of ether oxygens (including phenoxy) is 1. The van der Waals surface area contributed by atoms with Crippen molar-refractivity contribution < 1.29 is 9.53 Å². The first-order valence-electron chi connectivity index (χ1n) is 11.1. The number of carbonyl (C=O) groups is 1. The number of methoxy groups -OCH3 is 1. The van der Waals surface area contributed by atoms with Gasteiger partial charge in [-0.05, 0) is 67.8 Å². The van der Waals surface area contributed by atoms with Crippen LogP contribution in [-0.2, 0) is 0 Å². The number of piperazine rings is 1. The lowest BCUT2D eigenvalue weighted by Crippen LogP contribution is -2.54. The first-order chi connectivity index (χ1) is 15.2. The van der Waals surface area contributed by atoms with Gasteiger partial charge in [0.15, 0.2) is 5.78 Å². The number of carbonyl (C=O) groups excluding carboxylic acids is 1. The number of ketones is 1. The van der Waals surface area contributed by atoms with E-state index in [0.717, 1.165) is 49.6 Å². The molecule has 0 aliphatic carbocycles. The SMILES string of the molecule is COc1ccc(C(=O)CN2CC3CCC(C2)N3CCCNc2ccc(C#N)cc2)cc1. The molecule has 1 N–H and O–H groups in total. The molecule has 2 fully saturated rings. The highest BCUT2D eigenvalue weighted by Gasteiger charge is 2.39. The Bertz CT molecular complexity index is 906. The van der Waals surface area contributed by atoms with Gasteiger partial charge in [0.25, 0.3) is 0 Å². The normalized spacial score (nSPS) is 20.9. The van der Waals surface area contributed by atoms with Crippen molar-refractivity contribution in [2.45, 2.75) is 31.3 Å². The second kappa shape index (κ2) is 9.95. The second-order valence-electron chi connectivity index (χ2n) is 8.44. The fourth-order valence-corrected chi connectivity index (χ4v) is 4.80. The molecule has 0 spiro atoms. The molecule has 2 aromatic carbocycles. The van der Waals surface area contributed by atoms with Crippen molar-refractivity contribution in [3.05, 3.63) is 59.7 Å². The summed E-state index contributed by atoms with van der Waals surface area (Å²) in [5, 5.41) is 12.3. The van der Waals surface area contributed by atoms with Crippen LogP contribution in [0.1, 0.15) is 35.2 Å². The highest BCUT2D eigenvalue weighted by molar-refractivity contribution is 5.97. The molecule has 2 unspecified atom stereocenters. The number of Topliss-reactive ketones (excluding diaryl/α,β-unsaturated/α-hetero) is 1. The third-order valence-electron chi connectivity index (χ3n) is 6.42. The van der Waals surface area contributed by atoms with Crippen LogP contribution in [0.3, 0.4) is 0 Å². The molecule has 6 nitrogen and oxygen atoms in total. The Labute approximate surface area is 184 Å². The molecule has 0 radical (unpaired) electrons. The van der Waals surface area contributed by atoms with Crippen LogP contribution in [0.25, 0.3) is 0 Å². The van der Waals surface area contributed by atoms with E-state index in [1.54, 1.807) is 7.11 Å². The topological polar surface area (TPSA) is 68.6 Å². The van der Waals surface area contributed by atoms with E-state index in [1.807, 2.05) is 48.5 Å². The zero-order valence-electron chi connectivity index (χ0n) is 18.1. The molecule has 2 heterocycles. The minimum atomic E-state index is 0.183. The van der Waals surface area contributed by atoms with E-state index >= 15 is 0 Å². The van der Waals surface area contributed by atoms with Gasteiger partial charge in [-0.3, -0.25) is 14.6 Å². The molecule has 31 heavy (non-hydrogen) atoms. The molecule has 6 heteroatoms. The van der Waals surface area contributed by atoms with Crippen molar-refractivity contribution in [2.75, 3.05) is 45.2 Å². The Balaban J connectivity index is 1.22. The third-order valence-corrected chi connectivity index (χ3v) is 6.42. The molecule has 0 amide bonds. The number of hydrogen-bond acceptors (Lipinski definition) is 6. The summed E-state index contributed by atoms with van der Waals surface area (Å²) in [4.78, 5) is 17.7. The van der Waals surface area contributed by atoms with E-state index in [-0.39, 0.29) is 5.78 Å². The standard InChI is InChI=1S/C25H30N4O2/c1-31-24-11-5-20(6-12-24)25(30)18-28-16-22-9-10-23(17-28)29(22)14-2-13-27-21-7-3-19(15-26)4-8-21/h3-8,11-12,22-23,27H,2,9-10,13-14,16-18H2,1H3. The van der Waals surface area contributed by atoms with Crippen molar-refractivity contribution in [2.24, 2.45) is 0 Å². The van der Waals surface area contributed by atoms with Crippen LogP contribution in [0.4, 0.5) is 5.69 Å². The van der Waals surface area contributed by atoms with Gasteiger partial charge in [-0.25, -0.2) is 0 Å². The summed E-state index contributed by atoms with van der Waals surface area (Å²) in [6.07, 6.45) is 3.53. The van der Waals surface area contributed by atoms with Gasteiger partial charge in [0.2, 0.25) is 0 Å². The zero-order valence-corrected chi connectivity index (χ0v) is 18.1.